The van der Waals surface area contributed by atoms with Crippen molar-refractivity contribution >= 4 is 0 Å². The minimum absolute atomic E-state index is 0.431. The smallest absolute Gasteiger partial charge is 0.0178 e. The summed E-state index contributed by atoms with van der Waals surface area (Å²) < 4.78 is 0. The van der Waals surface area contributed by atoms with Gasteiger partial charge < -0.3 is 0 Å². The van der Waals surface area contributed by atoms with Gasteiger partial charge in [0.15, 0.2) is 0 Å². The van der Waals surface area contributed by atoms with Crippen molar-refractivity contribution in [3.05, 3.63) is 0 Å². The minimum atomic E-state index is 0.431. The topological polar surface area (TPSA) is 3.24 Å². The second kappa shape index (κ2) is 18.3. The molecule has 0 radical (unpaired) electrons. The third-order valence-corrected chi connectivity index (χ3v) is 6.61. The van der Waals surface area contributed by atoms with Crippen molar-refractivity contribution in [2.45, 2.75) is 149 Å². The molecule has 0 bridgehead atoms. The molecule has 1 nitrogen and oxygen atoms in total. The van der Waals surface area contributed by atoms with Gasteiger partial charge in [-0.05, 0) is 32.9 Å². The molecule has 1 heteroatoms. The standard InChI is InChI=1S/C25H53N/c1-6-10-11-12-13-14-15-16-17-18-19-20-21-22-23-24-25(5,7-2)26(8-3)9-4/h6-24H2,1-5H3. The predicted molar refractivity (Wildman–Crippen MR) is 121 cm³/mol. The van der Waals surface area contributed by atoms with Crippen LogP contribution in [-0.4, -0.2) is 23.5 Å². The molecule has 0 aromatic rings. The Morgan fingerprint density at radius 1 is 0.500 bits per heavy atom. The van der Waals surface area contributed by atoms with Crippen molar-refractivity contribution in [3.63, 3.8) is 0 Å². The molecule has 0 aliphatic carbocycles. The van der Waals surface area contributed by atoms with E-state index in [1.165, 1.54) is 122 Å². The summed E-state index contributed by atoms with van der Waals surface area (Å²) in [7, 11) is 0. The molecule has 0 amide bonds. The van der Waals surface area contributed by atoms with E-state index in [2.05, 4.69) is 39.5 Å². The molecule has 0 aromatic heterocycles. The molecule has 158 valence electrons. The fraction of sp³-hybridized carbons (Fsp3) is 1.00. The van der Waals surface area contributed by atoms with Gasteiger partial charge in [-0.2, -0.15) is 0 Å². The summed E-state index contributed by atoms with van der Waals surface area (Å²) in [4.78, 5) is 2.66. The van der Waals surface area contributed by atoms with Crippen LogP contribution in [0.1, 0.15) is 144 Å². The van der Waals surface area contributed by atoms with Crippen molar-refractivity contribution in [2.24, 2.45) is 0 Å². The van der Waals surface area contributed by atoms with Gasteiger partial charge in [-0.1, -0.05) is 124 Å². The fourth-order valence-corrected chi connectivity index (χ4v) is 4.42. The summed E-state index contributed by atoms with van der Waals surface area (Å²) in [6.45, 7) is 14.1. The summed E-state index contributed by atoms with van der Waals surface area (Å²) >= 11 is 0. The number of unbranched alkanes of at least 4 members (excludes halogenated alkanes) is 14. The van der Waals surface area contributed by atoms with Gasteiger partial charge in [0.05, 0.1) is 0 Å². The van der Waals surface area contributed by atoms with E-state index in [1.54, 1.807) is 0 Å². The summed E-state index contributed by atoms with van der Waals surface area (Å²) in [6, 6.07) is 0. The summed E-state index contributed by atoms with van der Waals surface area (Å²) in [5, 5.41) is 0. The first-order valence-electron chi connectivity index (χ1n) is 12.4. The van der Waals surface area contributed by atoms with Gasteiger partial charge >= 0.3 is 0 Å². The van der Waals surface area contributed by atoms with Gasteiger partial charge in [0.2, 0.25) is 0 Å². The van der Waals surface area contributed by atoms with Gasteiger partial charge in [-0.25, -0.2) is 0 Å². The normalized spacial score (nSPS) is 14.1. The van der Waals surface area contributed by atoms with E-state index >= 15 is 0 Å². The first-order chi connectivity index (χ1) is 12.6. The highest BCUT2D eigenvalue weighted by atomic mass is 15.2. The predicted octanol–water partition coefficient (Wildman–Crippen LogP) is 8.76. The highest BCUT2D eigenvalue weighted by Crippen LogP contribution is 2.26. The highest BCUT2D eigenvalue weighted by Gasteiger charge is 2.26. The first-order valence-corrected chi connectivity index (χ1v) is 12.4. The van der Waals surface area contributed by atoms with E-state index in [0.717, 1.165) is 0 Å². The molecule has 0 heterocycles. The minimum Gasteiger partial charge on any atom is -0.298 e. The maximum absolute atomic E-state index is 2.66. The Kier molecular flexibility index (Phi) is 18.3. The molecular formula is C25H53N. The maximum atomic E-state index is 2.66. The monoisotopic (exact) mass is 367 g/mol. The molecule has 0 aliphatic heterocycles. The molecule has 1 atom stereocenters. The second-order valence-electron chi connectivity index (χ2n) is 8.72. The van der Waals surface area contributed by atoms with Crippen LogP contribution in [0, 0.1) is 0 Å². The average molecular weight is 368 g/mol. The Bertz CT molecular complexity index is 271. The second-order valence-corrected chi connectivity index (χ2v) is 8.72. The molecule has 0 spiro atoms. The number of nitrogens with zero attached hydrogens (tertiary/aromatic N) is 1. The Balaban J connectivity index is 3.40. The third kappa shape index (κ3) is 13.2. The van der Waals surface area contributed by atoms with Gasteiger partial charge in [-0.3, -0.25) is 4.90 Å². The molecular weight excluding hydrogens is 314 g/mol. The lowest BCUT2D eigenvalue weighted by atomic mass is 9.89. The van der Waals surface area contributed by atoms with Crippen molar-refractivity contribution in [1.82, 2.24) is 4.90 Å². The molecule has 0 saturated heterocycles. The van der Waals surface area contributed by atoms with Crippen LogP contribution < -0.4 is 0 Å². The highest BCUT2D eigenvalue weighted by molar-refractivity contribution is 4.83. The zero-order valence-electron chi connectivity index (χ0n) is 19.4. The van der Waals surface area contributed by atoms with Gasteiger partial charge in [0, 0.05) is 5.54 Å². The molecule has 1 unspecified atom stereocenters. The Morgan fingerprint density at radius 2 is 0.846 bits per heavy atom. The molecule has 0 N–H and O–H groups in total. The zero-order valence-corrected chi connectivity index (χ0v) is 19.4. The van der Waals surface area contributed by atoms with E-state index in [0.29, 0.717) is 5.54 Å². The zero-order chi connectivity index (χ0) is 19.5. The number of rotatable bonds is 20. The van der Waals surface area contributed by atoms with E-state index in [4.69, 9.17) is 0 Å². The lowest BCUT2D eigenvalue weighted by Crippen LogP contribution is -2.45. The first kappa shape index (κ1) is 26.0. The SMILES string of the molecule is CCCCCCCCCCCCCCCCCC(C)(CC)N(CC)CC. The summed E-state index contributed by atoms with van der Waals surface area (Å²) in [6.07, 6.45) is 24.5. The lowest BCUT2D eigenvalue weighted by Gasteiger charge is -2.40. The average Bonchev–Trinajstić information content (AvgIpc) is 2.65. The van der Waals surface area contributed by atoms with Crippen LogP contribution in [0.25, 0.3) is 0 Å². The van der Waals surface area contributed by atoms with E-state index in [1.807, 2.05) is 0 Å². The fourth-order valence-electron chi connectivity index (χ4n) is 4.42. The van der Waals surface area contributed by atoms with Crippen LogP contribution in [0.2, 0.25) is 0 Å². The number of hydrogen-bond acceptors (Lipinski definition) is 1. The van der Waals surface area contributed by atoms with Gasteiger partial charge in [0.25, 0.3) is 0 Å². The molecule has 0 rings (SSSR count). The van der Waals surface area contributed by atoms with Gasteiger partial charge in [0.1, 0.15) is 0 Å². The molecule has 0 fully saturated rings. The quantitative estimate of drug-likeness (QED) is 0.194. The Labute approximate surface area is 167 Å². The Morgan fingerprint density at radius 3 is 1.15 bits per heavy atom. The molecule has 0 saturated carbocycles. The summed E-state index contributed by atoms with van der Waals surface area (Å²) in [5.74, 6) is 0. The lowest BCUT2D eigenvalue weighted by molar-refractivity contribution is 0.0994. The van der Waals surface area contributed by atoms with E-state index in [9.17, 15) is 0 Å². The number of hydrogen-bond donors (Lipinski definition) is 0. The van der Waals surface area contributed by atoms with Crippen LogP contribution in [0.3, 0.4) is 0 Å². The molecule has 0 aromatic carbocycles. The van der Waals surface area contributed by atoms with Crippen molar-refractivity contribution in [1.29, 1.82) is 0 Å². The van der Waals surface area contributed by atoms with Crippen LogP contribution in [-0.2, 0) is 0 Å². The van der Waals surface area contributed by atoms with Crippen LogP contribution in [0.5, 0.6) is 0 Å². The third-order valence-electron chi connectivity index (χ3n) is 6.61. The van der Waals surface area contributed by atoms with Gasteiger partial charge in [-0.15, -0.1) is 0 Å². The van der Waals surface area contributed by atoms with Crippen molar-refractivity contribution < 1.29 is 0 Å². The van der Waals surface area contributed by atoms with E-state index in [-0.39, 0.29) is 0 Å². The molecule has 26 heavy (non-hydrogen) atoms. The van der Waals surface area contributed by atoms with Crippen molar-refractivity contribution in [3.8, 4) is 0 Å². The van der Waals surface area contributed by atoms with Crippen LogP contribution in [0.4, 0.5) is 0 Å². The van der Waals surface area contributed by atoms with E-state index < -0.39 is 0 Å². The largest absolute Gasteiger partial charge is 0.298 e. The van der Waals surface area contributed by atoms with Crippen molar-refractivity contribution in [2.75, 3.05) is 13.1 Å². The summed E-state index contributed by atoms with van der Waals surface area (Å²) in [5.41, 5.74) is 0.431. The van der Waals surface area contributed by atoms with Crippen LogP contribution in [0.15, 0.2) is 0 Å². The van der Waals surface area contributed by atoms with Crippen LogP contribution >= 0.6 is 0 Å². The Hall–Kier alpha value is -0.0400. The molecule has 0 aliphatic rings. The maximum Gasteiger partial charge on any atom is 0.0178 e.